The van der Waals surface area contributed by atoms with Crippen LogP contribution < -0.4 is 5.32 Å². The summed E-state index contributed by atoms with van der Waals surface area (Å²) in [5.74, 6) is 0. The summed E-state index contributed by atoms with van der Waals surface area (Å²) in [5.41, 5.74) is 2.36. The average molecular weight is 266 g/mol. The molecule has 0 bridgehead atoms. The molecule has 0 unspecified atom stereocenters. The lowest BCUT2D eigenvalue weighted by atomic mass is 10.2. The molecule has 1 nitrogen and oxygen atoms in total. The number of hydrogen-bond acceptors (Lipinski definition) is 1. The predicted molar refractivity (Wildman–Crippen MR) is 73.4 cm³/mol. The molecule has 0 amide bonds. The van der Waals surface area contributed by atoms with Crippen LogP contribution in [0.5, 0.6) is 0 Å². The monoisotopic (exact) mass is 265 g/mol. The van der Waals surface area contributed by atoms with Gasteiger partial charge in [0.1, 0.15) is 0 Å². The first-order valence-corrected chi connectivity index (χ1v) is 6.19. The SMILES string of the molecule is Clc1cc(Cl)cc(CNCc2ccccc2)c1. The highest BCUT2D eigenvalue weighted by molar-refractivity contribution is 6.34. The van der Waals surface area contributed by atoms with E-state index in [1.165, 1.54) is 5.56 Å². The van der Waals surface area contributed by atoms with Gasteiger partial charge in [0.05, 0.1) is 0 Å². The van der Waals surface area contributed by atoms with Crippen molar-refractivity contribution in [2.75, 3.05) is 0 Å². The van der Waals surface area contributed by atoms with Gasteiger partial charge in [0.2, 0.25) is 0 Å². The number of nitrogens with one attached hydrogen (secondary N) is 1. The third-order valence-corrected chi connectivity index (χ3v) is 2.86. The highest BCUT2D eigenvalue weighted by Gasteiger charge is 1.98. The summed E-state index contributed by atoms with van der Waals surface area (Å²) in [6.07, 6.45) is 0. The van der Waals surface area contributed by atoms with Crippen molar-refractivity contribution < 1.29 is 0 Å². The molecule has 0 saturated heterocycles. The van der Waals surface area contributed by atoms with Gasteiger partial charge in [-0.2, -0.15) is 0 Å². The Morgan fingerprint density at radius 2 is 1.35 bits per heavy atom. The van der Waals surface area contributed by atoms with Crippen LogP contribution in [0, 0.1) is 0 Å². The number of halogens is 2. The van der Waals surface area contributed by atoms with Gasteiger partial charge in [-0.25, -0.2) is 0 Å². The van der Waals surface area contributed by atoms with E-state index in [1.54, 1.807) is 6.07 Å². The van der Waals surface area contributed by atoms with E-state index in [0.29, 0.717) is 10.0 Å². The molecule has 2 aromatic rings. The van der Waals surface area contributed by atoms with Gasteiger partial charge < -0.3 is 5.32 Å². The van der Waals surface area contributed by atoms with E-state index < -0.39 is 0 Å². The van der Waals surface area contributed by atoms with Crippen LogP contribution >= 0.6 is 23.2 Å². The van der Waals surface area contributed by atoms with Gasteiger partial charge in [-0.1, -0.05) is 53.5 Å². The minimum Gasteiger partial charge on any atom is -0.309 e. The Labute approximate surface area is 111 Å². The molecule has 2 rings (SSSR count). The summed E-state index contributed by atoms with van der Waals surface area (Å²) in [4.78, 5) is 0. The quantitative estimate of drug-likeness (QED) is 0.870. The number of rotatable bonds is 4. The van der Waals surface area contributed by atoms with E-state index in [2.05, 4.69) is 17.4 Å². The van der Waals surface area contributed by atoms with Crippen LogP contribution in [-0.2, 0) is 13.1 Å². The second-order valence-corrected chi connectivity index (χ2v) is 4.74. The van der Waals surface area contributed by atoms with Gasteiger partial charge in [-0.3, -0.25) is 0 Å². The Balaban J connectivity index is 1.90. The summed E-state index contributed by atoms with van der Waals surface area (Å²) >= 11 is 11.9. The lowest BCUT2D eigenvalue weighted by molar-refractivity contribution is 0.693. The first-order chi connectivity index (χ1) is 8.24. The highest BCUT2D eigenvalue weighted by atomic mass is 35.5. The zero-order chi connectivity index (χ0) is 12.1. The smallest absolute Gasteiger partial charge is 0.0424 e. The third kappa shape index (κ3) is 4.04. The van der Waals surface area contributed by atoms with Crippen LogP contribution in [0.4, 0.5) is 0 Å². The zero-order valence-electron chi connectivity index (χ0n) is 9.29. The first-order valence-electron chi connectivity index (χ1n) is 5.43. The normalized spacial score (nSPS) is 10.5. The molecule has 0 aliphatic rings. The van der Waals surface area contributed by atoms with Crippen LogP contribution in [0.2, 0.25) is 10.0 Å². The van der Waals surface area contributed by atoms with Crippen molar-refractivity contribution in [3.63, 3.8) is 0 Å². The molecule has 0 atom stereocenters. The first kappa shape index (κ1) is 12.4. The molecule has 1 N–H and O–H groups in total. The second kappa shape index (κ2) is 6.06. The average Bonchev–Trinajstić information content (AvgIpc) is 2.29. The maximum atomic E-state index is 5.93. The van der Waals surface area contributed by atoms with Crippen molar-refractivity contribution in [2.45, 2.75) is 13.1 Å². The van der Waals surface area contributed by atoms with Crippen molar-refractivity contribution in [2.24, 2.45) is 0 Å². The third-order valence-electron chi connectivity index (χ3n) is 2.42. The van der Waals surface area contributed by atoms with Crippen molar-refractivity contribution in [3.8, 4) is 0 Å². The lowest BCUT2D eigenvalue weighted by Crippen LogP contribution is -2.12. The minimum absolute atomic E-state index is 0.675. The van der Waals surface area contributed by atoms with Crippen molar-refractivity contribution in [1.82, 2.24) is 5.32 Å². The van der Waals surface area contributed by atoms with Crippen LogP contribution in [0.25, 0.3) is 0 Å². The Bertz CT molecular complexity index is 463. The maximum absolute atomic E-state index is 5.93. The van der Waals surface area contributed by atoms with Gasteiger partial charge in [0, 0.05) is 23.1 Å². The summed E-state index contributed by atoms with van der Waals surface area (Å²) in [7, 11) is 0. The Kier molecular flexibility index (Phi) is 4.43. The van der Waals surface area contributed by atoms with Crippen LogP contribution in [0.3, 0.4) is 0 Å². The molecule has 0 aromatic heterocycles. The van der Waals surface area contributed by atoms with E-state index in [4.69, 9.17) is 23.2 Å². The second-order valence-electron chi connectivity index (χ2n) is 3.87. The molecule has 3 heteroatoms. The molecule has 0 aliphatic carbocycles. The molecule has 0 fully saturated rings. The summed E-state index contributed by atoms with van der Waals surface area (Å²) in [6, 6.07) is 15.9. The van der Waals surface area contributed by atoms with Crippen molar-refractivity contribution in [3.05, 3.63) is 69.7 Å². The molecule has 0 heterocycles. The van der Waals surface area contributed by atoms with Gasteiger partial charge in [-0.05, 0) is 29.3 Å². The van der Waals surface area contributed by atoms with Gasteiger partial charge >= 0.3 is 0 Å². The molecular weight excluding hydrogens is 253 g/mol. The summed E-state index contributed by atoms with van der Waals surface area (Å²) in [5, 5.41) is 4.71. The van der Waals surface area contributed by atoms with E-state index in [9.17, 15) is 0 Å². The molecule has 0 saturated carbocycles. The Hall–Kier alpha value is -1.02. The molecule has 0 aliphatic heterocycles. The van der Waals surface area contributed by atoms with Crippen molar-refractivity contribution in [1.29, 1.82) is 0 Å². The number of benzene rings is 2. The fourth-order valence-corrected chi connectivity index (χ4v) is 2.23. The summed E-state index contributed by atoms with van der Waals surface area (Å²) < 4.78 is 0. The molecule has 88 valence electrons. The predicted octanol–water partition coefficient (Wildman–Crippen LogP) is 4.28. The largest absolute Gasteiger partial charge is 0.309 e. The van der Waals surface area contributed by atoms with Gasteiger partial charge in [-0.15, -0.1) is 0 Å². The zero-order valence-corrected chi connectivity index (χ0v) is 10.8. The maximum Gasteiger partial charge on any atom is 0.0424 e. The number of hydrogen-bond donors (Lipinski definition) is 1. The molecule has 2 aromatic carbocycles. The van der Waals surface area contributed by atoms with Crippen LogP contribution in [0.15, 0.2) is 48.5 Å². The molecule has 17 heavy (non-hydrogen) atoms. The van der Waals surface area contributed by atoms with E-state index in [1.807, 2.05) is 30.3 Å². The van der Waals surface area contributed by atoms with E-state index in [0.717, 1.165) is 18.7 Å². The topological polar surface area (TPSA) is 12.0 Å². The Morgan fingerprint density at radius 3 is 2.00 bits per heavy atom. The fourth-order valence-electron chi connectivity index (χ4n) is 1.66. The molecule has 0 spiro atoms. The summed E-state index contributed by atoms with van der Waals surface area (Å²) in [6.45, 7) is 1.60. The van der Waals surface area contributed by atoms with Gasteiger partial charge in [0.15, 0.2) is 0 Å². The minimum atomic E-state index is 0.675. The van der Waals surface area contributed by atoms with Gasteiger partial charge in [0.25, 0.3) is 0 Å². The molecule has 0 radical (unpaired) electrons. The highest BCUT2D eigenvalue weighted by Crippen LogP contribution is 2.18. The fraction of sp³-hybridized carbons (Fsp3) is 0.143. The molecular formula is C14H13Cl2N. The van der Waals surface area contributed by atoms with Crippen LogP contribution in [-0.4, -0.2) is 0 Å². The Morgan fingerprint density at radius 1 is 0.765 bits per heavy atom. The van der Waals surface area contributed by atoms with Crippen molar-refractivity contribution >= 4 is 23.2 Å². The standard InChI is InChI=1S/C14H13Cl2N/c15-13-6-12(7-14(16)8-13)10-17-9-11-4-2-1-3-5-11/h1-8,17H,9-10H2. The lowest BCUT2D eigenvalue weighted by Gasteiger charge is -2.06. The van der Waals surface area contributed by atoms with E-state index >= 15 is 0 Å². The van der Waals surface area contributed by atoms with E-state index in [-0.39, 0.29) is 0 Å². The van der Waals surface area contributed by atoms with Crippen LogP contribution in [0.1, 0.15) is 11.1 Å².